The molecule has 0 bridgehead atoms. The summed E-state index contributed by atoms with van der Waals surface area (Å²) in [7, 11) is 1.91. The predicted octanol–water partition coefficient (Wildman–Crippen LogP) is 4.29. The van der Waals surface area contributed by atoms with Crippen molar-refractivity contribution in [1.29, 1.82) is 0 Å². The van der Waals surface area contributed by atoms with Crippen molar-refractivity contribution in [3.05, 3.63) is 64.5 Å². The van der Waals surface area contributed by atoms with Crippen LogP contribution in [-0.4, -0.2) is 29.7 Å². The van der Waals surface area contributed by atoms with E-state index in [1.165, 1.54) is 23.1 Å². The number of aromatic amines is 1. The Balaban J connectivity index is 1.45. The van der Waals surface area contributed by atoms with Crippen LogP contribution in [0.25, 0.3) is 32.9 Å². The molecule has 0 aliphatic rings. The van der Waals surface area contributed by atoms with Crippen molar-refractivity contribution in [1.82, 2.24) is 29.7 Å². The minimum Gasteiger partial charge on any atom is -0.464 e. The van der Waals surface area contributed by atoms with Gasteiger partial charge in [0.2, 0.25) is 0 Å². The Morgan fingerprint density at radius 2 is 2.17 bits per heavy atom. The molecule has 5 heterocycles. The second kappa shape index (κ2) is 7.54. The lowest BCUT2D eigenvalue weighted by molar-refractivity contribution is 0.583. The molecule has 0 saturated heterocycles. The highest BCUT2D eigenvalue weighted by atomic mass is 32.2. The van der Waals surface area contributed by atoms with Gasteiger partial charge in [-0.1, -0.05) is 11.8 Å². The average molecular weight is 437 g/mol. The maximum atomic E-state index is 12.8. The SMILES string of the molecule is CC(Sc1nnc(-c2cccnc2)n1C)c1nc2scc(-c3ccco3)c2c(=O)[nH]1. The van der Waals surface area contributed by atoms with Gasteiger partial charge in [-0.2, -0.15) is 0 Å². The van der Waals surface area contributed by atoms with Crippen molar-refractivity contribution in [2.45, 2.75) is 17.3 Å². The smallest absolute Gasteiger partial charge is 0.260 e. The van der Waals surface area contributed by atoms with Gasteiger partial charge >= 0.3 is 0 Å². The van der Waals surface area contributed by atoms with Crippen LogP contribution in [0.3, 0.4) is 0 Å². The van der Waals surface area contributed by atoms with E-state index >= 15 is 0 Å². The van der Waals surface area contributed by atoms with Gasteiger partial charge in [0.25, 0.3) is 5.56 Å². The van der Waals surface area contributed by atoms with Crippen LogP contribution in [0.2, 0.25) is 0 Å². The van der Waals surface area contributed by atoms with E-state index in [2.05, 4.69) is 20.2 Å². The molecule has 5 rings (SSSR count). The highest BCUT2D eigenvalue weighted by molar-refractivity contribution is 7.99. The first-order chi connectivity index (χ1) is 14.6. The Bertz CT molecular complexity index is 1370. The zero-order valence-corrected chi connectivity index (χ0v) is 17.7. The molecule has 5 aromatic rings. The molecule has 5 aromatic heterocycles. The van der Waals surface area contributed by atoms with Crippen LogP contribution in [0.1, 0.15) is 18.0 Å². The molecule has 0 aromatic carbocycles. The Morgan fingerprint density at radius 3 is 2.93 bits per heavy atom. The fourth-order valence-corrected chi connectivity index (χ4v) is 4.96. The van der Waals surface area contributed by atoms with E-state index in [0.717, 1.165) is 22.1 Å². The molecule has 10 heteroatoms. The summed E-state index contributed by atoms with van der Waals surface area (Å²) in [6, 6.07) is 7.44. The molecule has 0 aliphatic heterocycles. The molecule has 0 aliphatic carbocycles. The molecular weight excluding hydrogens is 420 g/mol. The van der Waals surface area contributed by atoms with Crippen LogP contribution in [-0.2, 0) is 7.05 Å². The first kappa shape index (κ1) is 18.8. The fraction of sp³-hybridized carbons (Fsp3) is 0.150. The molecule has 0 fully saturated rings. The summed E-state index contributed by atoms with van der Waals surface area (Å²) in [6.45, 7) is 1.98. The first-order valence-electron chi connectivity index (χ1n) is 9.13. The van der Waals surface area contributed by atoms with E-state index in [4.69, 9.17) is 9.40 Å². The van der Waals surface area contributed by atoms with Crippen LogP contribution >= 0.6 is 23.1 Å². The number of nitrogens with zero attached hydrogens (tertiary/aromatic N) is 5. The van der Waals surface area contributed by atoms with E-state index in [0.29, 0.717) is 21.8 Å². The van der Waals surface area contributed by atoms with Gasteiger partial charge in [-0.05, 0) is 31.2 Å². The molecule has 1 unspecified atom stereocenters. The molecule has 30 heavy (non-hydrogen) atoms. The fourth-order valence-electron chi connectivity index (χ4n) is 3.15. The van der Waals surface area contributed by atoms with Crippen molar-refractivity contribution >= 4 is 33.3 Å². The van der Waals surface area contributed by atoms with Gasteiger partial charge in [0.15, 0.2) is 11.0 Å². The number of furan rings is 1. The van der Waals surface area contributed by atoms with Crippen molar-refractivity contribution in [2.75, 3.05) is 0 Å². The number of hydrogen-bond acceptors (Lipinski definition) is 8. The number of aromatic nitrogens is 6. The second-order valence-corrected chi connectivity index (χ2v) is 8.79. The molecule has 0 spiro atoms. The highest BCUT2D eigenvalue weighted by Gasteiger charge is 2.20. The molecule has 1 N–H and O–H groups in total. The summed E-state index contributed by atoms with van der Waals surface area (Å²) >= 11 is 2.91. The zero-order valence-electron chi connectivity index (χ0n) is 16.1. The number of hydrogen-bond donors (Lipinski definition) is 1. The molecular formula is C20H16N6O2S2. The first-order valence-corrected chi connectivity index (χ1v) is 10.9. The van der Waals surface area contributed by atoms with Gasteiger partial charge in [0.05, 0.1) is 16.9 Å². The number of fused-ring (bicyclic) bond motifs is 1. The van der Waals surface area contributed by atoms with Gasteiger partial charge in [-0.15, -0.1) is 21.5 Å². The van der Waals surface area contributed by atoms with Crippen molar-refractivity contribution in [3.63, 3.8) is 0 Å². The number of thioether (sulfide) groups is 1. The molecule has 0 saturated carbocycles. The lowest BCUT2D eigenvalue weighted by Crippen LogP contribution is -2.12. The third-order valence-electron chi connectivity index (χ3n) is 4.67. The van der Waals surface area contributed by atoms with E-state index in [1.807, 2.05) is 42.1 Å². The van der Waals surface area contributed by atoms with E-state index < -0.39 is 0 Å². The van der Waals surface area contributed by atoms with Gasteiger partial charge in [-0.3, -0.25) is 9.78 Å². The van der Waals surface area contributed by atoms with Gasteiger partial charge in [-0.25, -0.2) is 4.98 Å². The summed E-state index contributed by atoms with van der Waals surface area (Å²) in [6.07, 6.45) is 5.06. The van der Waals surface area contributed by atoms with Gasteiger partial charge < -0.3 is 14.0 Å². The topological polar surface area (TPSA) is 102 Å². The number of H-pyrrole nitrogens is 1. The van der Waals surface area contributed by atoms with Crippen LogP contribution in [0, 0.1) is 0 Å². The summed E-state index contributed by atoms with van der Waals surface area (Å²) in [5.74, 6) is 1.98. The number of rotatable bonds is 5. The molecule has 8 nitrogen and oxygen atoms in total. The van der Waals surface area contributed by atoms with Crippen molar-refractivity contribution < 1.29 is 4.42 Å². The Hall–Kier alpha value is -3.24. The van der Waals surface area contributed by atoms with Crippen molar-refractivity contribution in [2.24, 2.45) is 7.05 Å². The Morgan fingerprint density at radius 1 is 1.27 bits per heavy atom. The van der Waals surface area contributed by atoms with E-state index in [1.54, 1.807) is 24.7 Å². The highest BCUT2D eigenvalue weighted by Crippen LogP contribution is 2.35. The summed E-state index contributed by atoms with van der Waals surface area (Å²) in [4.78, 5) is 25.2. The molecule has 0 amide bonds. The lowest BCUT2D eigenvalue weighted by Gasteiger charge is -2.10. The maximum Gasteiger partial charge on any atom is 0.260 e. The Kier molecular flexibility index (Phi) is 4.72. The number of nitrogens with one attached hydrogen (secondary N) is 1. The summed E-state index contributed by atoms with van der Waals surface area (Å²) < 4.78 is 7.36. The largest absolute Gasteiger partial charge is 0.464 e. The van der Waals surface area contributed by atoms with Gasteiger partial charge in [0, 0.05) is 35.9 Å². The normalized spacial score (nSPS) is 12.5. The average Bonchev–Trinajstić information content (AvgIpc) is 3.49. The molecule has 0 radical (unpaired) electrons. The minimum atomic E-state index is -0.177. The zero-order chi connectivity index (χ0) is 20.7. The van der Waals surface area contributed by atoms with Crippen molar-refractivity contribution in [3.8, 4) is 22.7 Å². The molecule has 1 atom stereocenters. The van der Waals surface area contributed by atoms with Crippen LogP contribution in [0.4, 0.5) is 0 Å². The predicted molar refractivity (Wildman–Crippen MR) is 116 cm³/mol. The second-order valence-electron chi connectivity index (χ2n) is 6.62. The van der Waals surface area contributed by atoms with Gasteiger partial charge in [0.1, 0.15) is 16.4 Å². The maximum absolute atomic E-state index is 12.8. The monoisotopic (exact) mass is 436 g/mol. The lowest BCUT2D eigenvalue weighted by atomic mass is 10.2. The quantitative estimate of drug-likeness (QED) is 0.410. The van der Waals surface area contributed by atoms with E-state index in [-0.39, 0.29) is 10.8 Å². The number of pyridine rings is 1. The third kappa shape index (κ3) is 3.23. The number of thiophene rings is 1. The van der Waals surface area contributed by atoms with E-state index in [9.17, 15) is 4.79 Å². The van der Waals surface area contributed by atoms with Crippen LogP contribution in [0.15, 0.2) is 62.7 Å². The summed E-state index contributed by atoms with van der Waals surface area (Å²) in [5, 5.41) is 11.6. The van der Waals surface area contributed by atoms with Crippen LogP contribution < -0.4 is 5.56 Å². The Labute approximate surface area is 179 Å². The standard InChI is InChI=1S/C20H16N6O2S2/c1-11(30-20-25-24-17(26(20)2)12-5-3-7-21-9-12)16-22-18(27)15-13(10-29-19(15)23-16)14-6-4-8-28-14/h3-11H,1-2H3,(H,22,23,27). The third-order valence-corrected chi connectivity index (χ3v) is 6.69. The van der Waals surface area contributed by atoms with Crippen LogP contribution in [0.5, 0.6) is 0 Å². The summed E-state index contributed by atoms with van der Waals surface area (Å²) in [5.41, 5.74) is 1.48. The minimum absolute atomic E-state index is 0.124. The molecule has 150 valence electrons.